The first kappa shape index (κ1) is 31.8. The van der Waals surface area contributed by atoms with Crippen LogP contribution >= 0.6 is 0 Å². The minimum atomic E-state index is -3.66. The zero-order valence-corrected chi connectivity index (χ0v) is 30.9. The highest BCUT2D eigenvalue weighted by atomic mass is 32.2. The molecular formula is C48H38N2O2S. The maximum Gasteiger partial charge on any atom is 0.207 e. The number of rotatable bonds is 3. The van der Waals surface area contributed by atoms with Gasteiger partial charge in [-0.3, -0.25) is 0 Å². The van der Waals surface area contributed by atoms with Gasteiger partial charge in [0.15, 0.2) is 0 Å². The zero-order valence-electron chi connectivity index (χ0n) is 30.1. The number of benzene rings is 7. The molecule has 258 valence electrons. The summed E-state index contributed by atoms with van der Waals surface area (Å²) in [5.41, 5.74) is 14.8. The maximum absolute atomic E-state index is 13.9. The fraction of sp³-hybridized carbons (Fsp3) is 0.125. The van der Waals surface area contributed by atoms with E-state index in [0.29, 0.717) is 9.79 Å². The summed E-state index contributed by atoms with van der Waals surface area (Å²) in [7, 11) is -3.66. The second kappa shape index (κ2) is 11.0. The fourth-order valence-electron chi connectivity index (χ4n) is 9.07. The molecule has 0 radical (unpaired) electrons. The minimum Gasteiger partial charge on any atom is -0.310 e. The molecule has 10 rings (SSSR count). The average molecular weight is 707 g/mol. The summed E-state index contributed by atoms with van der Waals surface area (Å²) in [6.07, 6.45) is 0. The molecular weight excluding hydrogens is 669 g/mol. The van der Waals surface area contributed by atoms with Gasteiger partial charge in [-0.05, 0) is 100 Å². The van der Waals surface area contributed by atoms with Crippen molar-refractivity contribution in [3.63, 3.8) is 0 Å². The van der Waals surface area contributed by atoms with Gasteiger partial charge in [0.1, 0.15) is 0 Å². The first-order valence-corrected chi connectivity index (χ1v) is 19.7. The maximum atomic E-state index is 13.9. The molecule has 0 amide bonds. The van der Waals surface area contributed by atoms with Gasteiger partial charge >= 0.3 is 0 Å². The summed E-state index contributed by atoms with van der Waals surface area (Å²) in [6.45, 7) is 9.13. The Kier molecular flexibility index (Phi) is 6.63. The van der Waals surface area contributed by atoms with Gasteiger partial charge in [-0.25, -0.2) is 8.42 Å². The van der Waals surface area contributed by atoms with E-state index in [1.807, 2.05) is 18.2 Å². The highest BCUT2D eigenvalue weighted by Crippen LogP contribution is 2.55. The third-order valence-corrected chi connectivity index (χ3v) is 13.7. The van der Waals surface area contributed by atoms with Gasteiger partial charge in [0.2, 0.25) is 9.84 Å². The second-order valence-corrected chi connectivity index (χ2v) is 17.3. The van der Waals surface area contributed by atoms with E-state index in [4.69, 9.17) is 0 Å². The largest absolute Gasteiger partial charge is 0.310 e. The van der Waals surface area contributed by atoms with Crippen LogP contribution in [0.2, 0.25) is 0 Å². The molecule has 0 saturated carbocycles. The molecule has 0 unspecified atom stereocenters. The lowest BCUT2D eigenvalue weighted by Gasteiger charge is -2.42. The Morgan fingerprint density at radius 2 is 0.755 bits per heavy atom. The van der Waals surface area contributed by atoms with E-state index >= 15 is 0 Å². The van der Waals surface area contributed by atoms with Crippen molar-refractivity contribution in [1.82, 2.24) is 0 Å². The van der Waals surface area contributed by atoms with E-state index in [1.165, 1.54) is 33.6 Å². The van der Waals surface area contributed by atoms with Gasteiger partial charge in [0.05, 0.1) is 32.5 Å². The molecule has 0 N–H and O–H groups in total. The standard InChI is InChI=1S/C48H38N2O2S/c1-47(2)37-13-5-9-17-41(37)49(42-18-10-6-14-38(42)47)33-24-21-31(22-25-33)32-23-27-45-35(29-32)36-30-34(26-28-46(36)53(45,51)52)50-43-19-11-7-15-39(43)48(3,4)40-16-8-12-20-44(40)50/h5-30H,1-4H3. The Labute approximate surface area is 311 Å². The number of hydrogen-bond acceptors (Lipinski definition) is 4. The van der Waals surface area contributed by atoms with Crippen LogP contribution in [0.15, 0.2) is 168 Å². The minimum absolute atomic E-state index is 0.123. The van der Waals surface area contributed by atoms with Crippen molar-refractivity contribution in [2.45, 2.75) is 48.3 Å². The lowest BCUT2D eigenvalue weighted by atomic mass is 9.73. The van der Waals surface area contributed by atoms with Crippen LogP contribution in [0, 0.1) is 0 Å². The summed E-state index contributed by atoms with van der Waals surface area (Å²) >= 11 is 0. The average Bonchev–Trinajstić information content (AvgIpc) is 3.40. The molecule has 0 atom stereocenters. The number of nitrogens with zero attached hydrogens (tertiary/aromatic N) is 2. The van der Waals surface area contributed by atoms with E-state index in [0.717, 1.165) is 45.0 Å². The van der Waals surface area contributed by atoms with Crippen molar-refractivity contribution in [2.75, 3.05) is 9.80 Å². The van der Waals surface area contributed by atoms with E-state index in [2.05, 4.69) is 165 Å². The van der Waals surface area contributed by atoms with Crippen LogP contribution in [0.5, 0.6) is 0 Å². The topological polar surface area (TPSA) is 40.6 Å². The molecule has 3 aliphatic rings. The second-order valence-electron chi connectivity index (χ2n) is 15.4. The predicted octanol–water partition coefficient (Wildman–Crippen LogP) is 12.4. The lowest BCUT2D eigenvalue weighted by Crippen LogP contribution is -2.30. The highest BCUT2D eigenvalue weighted by Gasteiger charge is 2.39. The van der Waals surface area contributed by atoms with Crippen molar-refractivity contribution in [3.8, 4) is 22.3 Å². The summed E-state index contributed by atoms with van der Waals surface area (Å²) in [6, 6.07) is 54.6. The molecule has 0 aliphatic carbocycles. The molecule has 4 nitrogen and oxygen atoms in total. The molecule has 53 heavy (non-hydrogen) atoms. The van der Waals surface area contributed by atoms with E-state index < -0.39 is 9.84 Å². The van der Waals surface area contributed by atoms with Crippen molar-refractivity contribution < 1.29 is 8.42 Å². The Balaban J connectivity index is 1.06. The lowest BCUT2D eigenvalue weighted by molar-refractivity contribution is 0.598. The molecule has 7 aromatic rings. The van der Waals surface area contributed by atoms with Gasteiger partial charge in [0, 0.05) is 33.3 Å². The van der Waals surface area contributed by atoms with Crippen LogP contribution in [0.4, 0.5) is 34.1 Å². The number of fused-ring (bicyclic) bond motifs is 7. The first-order valence-electron chi connectivity index (χ1n) is 18.2. The number of sulfone groups is 1. The summed E-state index contributed by atoms with van der Waals surface area (Å²) < 4.78 is 27.9. The molecule has 7 aromatic carbocycles. The number of anilines is 6. The van der Waals surface area contributed by atoms with Gasteiger partial charge in [0.25, 0.3) is 0 Å². The molecule has 0 spiro atoms. The van der Waals surface area contributed by atoms with Crippen LogP contribution in [0.1, 0.15) is 49.9 Å². The molecule has 0 bridgehead atoms. The zero-order chi connectivity index (χ0) is 36.3. The number of hydrogen-bond donors (Lipinski definition) is 0. The fourth-order valence-corrected chi connectivity index (χ4v) is 10.7. The quantitative estimate of drug-likeness (QED) is 0.183. The van der Waals surface area contributed by atoms with Crippen LogP contribution in [-0.4, -0.2) is 8.42 Å². The molecule has 0 aromatic heterocycles. The van der Waals surface area contributed by atoms with Gasteiger partial charge in [-0.1, -0.05) is 119 Å². The normalized spacial score (nSPS) is 16.5. The number of para-hydroxylation sites is 4. The van der Waals surface area contributed by atoms with Crippen molar-refractivity contribution in [2.24, 2.45) is 0 Å². The van der Waals surface area contributed by atoms with Gasteiger partial charge in [-0.2, -0.15) is 0 Å². The van der Waals surface area contributed by atoms with Gasteiger partial charge < -0.3 is 9.80 Å². The van der Waals surface area contributed by atoms with E-state index in [9.17, 15) is 8.42 Å². The highest BCUT2D eigenvalue weighted by molar-refractivity contribution is 7.92. The molecule has 0 saturated heterocycles. The van der Waals surface area contributed by atoms with Crippen molar-refractivity contribution in [3.05, 3.63) is 180 Å². The molecule has 3 aliphatic heterocycles. The SMILES string of the molecule is CC1(C)c2ccccc2N(c2ccc(-c3ccc4c(c3)-c3cc(N5c6ccccc6C(C)(C)c6ccccc65)ccc3S4(=O)=O)cc2)c2ccccc21. The van der Waals surface area contributed by atoms with Crippen molar-refractivity contribution >= 4 is 44.0 Å². The van der Waals surface area contributed by atoms with Crippen LogP contribution in [0.25, 0.3) is 22.3 Å². The Morgan fingerprint density at radius 3 is 1.23 bits per heavy atom. The third kappa shape index (κ3) is 4.44. The van der Waals surface area contributed by atoms with Crippen molar-refractivity contribution in [1.29, 1.82) is 0 Å². The monoisotopic (exact) mass is 706 g/mol. The summed E-state index contributed by atoms with van der Waals surface area (Å²) in [5, 5.41) is 0. The summed E-state index contributed by atoms with van der Waals surface area (Å²) in [4.78, 5) is 5.34. The Morgan fingerprint density at radius 1 is 0.396 bits per heavy atom. The third-order valence-electron chi connectivity index (χ3n) is 11.8. The summed E-state index contributed by atoms with van der Waals surface area (Å²) in [5.74, 6) is 0. The smallest absolute Gasteiger partial charge is 0.207 e. The molecule has 0 fully saturated rings. The molecule has 5 heteroatoms. The van der Waals surface area contributed by atoms with E-state index in [1.54, 1.807) is 12.1 Å². The first-order chi connectivity index (χ1) is 25.6. The van der Waals surface area contributed by atoms with E-state index in [-0.39, 0.29) is 10.8 Å². The van der Waals surface area contributed by atoms with Crippen LogP contribution < -0.4 is 9.80 Å². The van der Waals surface area contributed by atoms with Crippen LogP contribution in [-0.2, 0) is 20.7 Å². The predicted molar refractivity (Wildman–Crippen MR) is 216 cm³/mol. The Bertz CT molecular complexity index is 2660. The van der Waals surface area contributed by atoms with Crippen LogP contribution in [0.3, 0.4) is 0 Å². The molecule has 3 heterocycles. The Hall–Kier alpha value is -5.91. The van der Waals surface area contributed by atoms with Gasteiger partial charge in [-0.15, -0.1) is 0 Å².